The lowest BCUT2D eigenvalue weighted by Crippen LogP contribution is -2.41. The molecule has 2 rings (SSSR count). The van der Waals surface area contributed by atoms with Gasteiger partial charge in [0, 0.05) is 24.7 Å². The van der Waals surface area contributed by atoms with Gasteiger partial charge in [0.2, 0.25) is 5.91 Å². The number of carbonyl (C=O) groups is 2. The van der Waals surface area contributed by atoms with Crippen molar-refractivity contribution in [3.63, 3.8) is 0 Å². The molecule has 0 bridgehead atoms. The first-order valence-corrected chi connectivity index (χ1v) is 10.5. The van der Waals surface area contributed by atoms with Crippen molar-refractivity contribution in [3.05, 3.63) is 33.0 Å². The topological polar surface area (TPSA) is 102 Å². The number of hydrogen-bond donors (Lipinski definition) is 2. The molecule has 0 aliphatic rings. The van der Waals surface area contributed by atoms with Crippen molar-refractivity contribution >= 4 is 50.5 Å². The van der Waals surface area contributed by atoms with Crippen LogP contribution in [0.15, 0.2) is 32.6 Å². The fraction of sp³-hybridized carbons (Fsp3) is 0.444. The van der Waals surface area contributed by atoms with E-state index in [4.69, 9.17) is 4.74 Å². The number of rotatable bonds is 8. The second-order valence-corrected chi connectivity index (χ2v) is 8.31. The minimum absolute atomic E-state index is 0.0374. The van der Waals surface area contributed by atoms with Gasteiger partial charge in [-0.1, -0.05) is 41.5 Å². The predicted molar refractivity (Wildman–Crippen MR) is 113 cm³/mol. The van der Waals surface area contributed by atoms with Gasteiger partial charge >= 0.3 is 6.03 Å². The molecule has 0 unspecified atom stereocenters. The van der Waals surface area contributed by atoms with Crippen molar-refractivity contribution in [1.29, 1.82) is 0 Å². The number of thioether (sulfide) groups is 1. The highest BCUT2D eigenvalue weighted by Crippen LogP contribution is 2.21. The predicted octanol–water partition coefficient (Wildman–Crippen LogP) is 2.38. The Labute approximate surface area is 175 Å². The van der Waals surface area contributed by atoms with Gasteiger partial charge in [-0.15, -0.1) is 0 Å². The highest BCUT2D eigenvalue weighted by atomic mass is 79.9. The first kappa shape index (κ1) is 22.4. The molecule has 0 aliphatic heterocycles. The molecule has 2 aromatic rings. The fourth-order valence-corrected chi connectivity index (χ4v) is 3.58. The first-order chi connectivity index (χ1) is 13.3. The SMILES string of the molecule is COCCNC(=O)NC(=O)CSc1nc2ccc(Br)cc2c(=O)n1CC(C)C. The summed E-state index contributed by atoms with van der Waals surface area (Å²) in [5.41, 5.74) is 0.411. The van der Waals surface area contributed by atoms with Gasteiger partial charge < -0.3 is 10.1 Å². The van der Waals surface area contributed by atoms with Crippen molar-refractivity contribution in [3.8, 4) is 0 Å². The Bertz CT molecular complexity index is 916. The Morgan fingerprint density at radius 2 is 2.11 bits per heavy atom. The van der Waals surface area contributed by atoms with Crippen LogP contribution < -0.4 is 16.2 Å². The van der Waals surface area contributed by atoms with E-state index in [-0.39, 0.29) is 17.2 Å². The lowest BCUT2D eigenvalue weighted by Gasteiger charge is -2.15. The van der Waals surface area contributed by atoms with Gasteiger partial charge in [0.1, 0.15) is 0 Å². The summed E-state index contributed by atoms with van der Waals surface area (Å²) in [6.07, 6.45) is 0. The lowest BCUT2D eigenvalue weighted by molar-refractivity contribution is -0.117. The summed E-state index contributed by atoms with van der Waals surface area (Å²) < 4.78 is 7.21. The molecule has 1 aromatic heterocycles. The summed E-state index contributed by atoms with van der Waals surface area (Å²) in [7, 11) is 1.52. The number of fused-ring (bicyclic) bond motifs is 1. The summed E-state index contributed by atoms with van der Waals surface area (Å²) in [5.74, 6) is -0.283. The van der Waals surface area contributed by atoms with E-state index in [2.05, 4.69) is 31.5 Å². The molecule has 0 aliphatic carbocycles. The molecule has 10 heteroatoms. The molecular weight excluding hydrogens is 448 g/mol. The van der Waals surface area contributed by atoms with Crippen LogP contribution in [0.3, 0.4) is 0 Å². The van der Waals surface area contributed by atoms with E-state index in [1.807, 2.05) is 19.9 Å². The zero-order chi connectivity index (χ0) is 20.7. The van der Waals surface area contributed by atoms with Gasteiger partial charge in [0.05, 0.1) is 23.3 Å². The van der Waals surface area contributed by atoms with Crippen molar-refractivity contribution in [2.45, 2.75) is 25.5 Å². The summed E-state index contributed by atoms with van der Waals surface area (Å²) in [6, 6.07) is 4.73. The van der Waals surface area contributed by atoms with Crippen molar-refractivity contribution in [1.82, 2.24) is 20.2 Å². The Morgan fingerprint density at radius 1 is 1.36 bits per heavy atom. The van der Waals surface area contributed by atoms with Crippen LogP contribution in [0.25, 0.3) is 10.9 Å². The number of carbonyl (C=O) groups excluding carboxylic acids is 2. The minimum atomic E-state index is -0.585. The van der Waals surface area contributed by atoms with E-state index in [1.165, 1.54) is 7.11 Å². The molecule has 152 valence electrons. The number of nitrogens with one attached hydrogen (secondary N) is 2. The highest BCUT2D eigenvalue weighted by molar-refractivity contribution is 9.10. The van der Waals surface area contributed by atoms with Gasteiger partial charge in [0.25, 0.3) is 5.56 Å². The second-order valence-electron chi connectivity index (χ2n) is 6.45. The van der Waals surface area contributed by atoms with Crippen LogP contribution in [-0.4, -0.2) is 47.5 Å². The standard InChI is InChI=1S/C18H23BrN4O4S/c1-11(2)9-23-16(25)13-8-12(19)4-5-14(13)21-18(23)28-10-15(24)22-17(26)20-6-7-27-3/h4-5,8,11H,6-7,9-10H2,1-3H3,(H2,20,22,24,26). The maximum absolute atomic E-state index is 12.9. The molecule has 0 saturated heterocycles. The third kappa shape index (κ3) is 6.32. The van der Waals surface area contributed by atoms with E-state index < -0.39 is 11.9 Å². The van der Waals surface area contributed by atoms with E-state index in [0.717, 1.165) is 16.2 Å². The average Bonchev–Trinajstić information content (AvgIpc) is 2.63. The maximum Gasteiger partial charge on any atom is 0.321 e. The largest absolute Gasteiger partial charge is 0.383 e. The Balaban J connectivity index is 2.16. The molecule has 2 N–H and O–H groups in total. The van der Waals surface area contributed by atoms with Gasteiger partial charge in [-0.3, -0.25) is 19.5 Å². The summed E-state index contributed by atoms with van der Waals surface area (Å²) in [6.45, 7) is 5.15. The van der Waals surface area contributed by atoms with Crippen molar-refractivity contribution in [2.24, 2.45) is 5.92 Å². The quantitative estimate of drug-likeness (QED) is 0.348. The normalized spacial score (nSPS) is 11.0. The van der Waals surface area contributed by atoms with E-state index in [0.29, 0.717) is 35.8 Å². The molecule has 28 heavy (non-hydrogen) atoms. The summed E-state index contributed by atoms with van der Waals surface area (Å²) in [4.78, 5) is 41.1. The number of hydrogen-bond acceptors (Lipinski definition) is 6. The van der Waals surface area contributed by atoms with E-state index >= 15 is 0 Å². The van der Waals surface area contributed by atoms with Crippen LogP contribution in [0, 0.1) is 5.92 Å². The Morgan fingerprint density at radius 3 is 2.79 bits per heavy atom. The Kier molecular flexibility index (Phi) is 8.46. The summed E-state index contributed by atoms with van der Waals surface area (Å²) in [5, 5.41) is 5.71. The van der Waals surface area contributed by atoms with Gasteiger partial charge in [-0.2, -0.15) is 0 Å². The van der Waals surface area contributed by atoms with Crippen LogP contribution >= 0.6 is 27.7 Å². The van der Waals surface area contributed by atoms with Crippen LogP contribution in [0.4, 0.5) is 4.79 Å². The number of aromatic nitrogens is 2. The van der Waals surface area contributed by atoms with Crippen LogP contribution in [0.2, 0.25) is 0 Å². The average molecular weight is 471 g/mol. The van der Waals surface area contributed by atoms with Crippen LogP contribution in [0.1, 0.15) is 13.8 Å². The second kappa shape index (κ2) is 10.6. The molecule has 0 saturated carbocycles. The maximum atomic E-state index is 12.9. The molecule has 3 amide bonds. The molecule has 1 aromatic carbocycles. The van der Waals surface area contributed by atoms with Crippen LogP contribution in [0.5, 0.6) is 0 Å². The molecule has 0 atom stereocenters. The molecular formula is C18H23BrN4O4S. The number of ether oxygens (including phenoxy) is 1. The molecule has 0 radical (unpaired) electrons. The van der Waals surface area contributed by atoms with Gasteiger partial charge in [-0.05, 0) is 24.1 Å². The third-order valence-corrected chi connectivity index (χ3v) is 5.08. The smallest absolute Gasteiger partial charge is 0.321 e. The number of urea groups is 1. The lowest BCUT2D eigenvalue weighted by atomic mass is 10.2. The number of methoxy groups -OCH3 is 1. The molecule has 0 fully saturated rings. The van der Waals surface area contributed by atoms with Crippen molar-refractivity contribution < 1.29 is 14.3 Å². The number of imide groups is 1. The monoisotopic (exact) mass is 470 g/mol. The molecule has 8 nitrogen and oxygen atoms in total. The van der Waals surface area contributed by atoms with Crippen LogP contribution in [-0.2, 0) is 16.1 Å². The zero-order valence-corrected chi connectivity index (χ0v) is 18.4. The minimum Gasteiger partial charge on any atom is -0.383 e. The van der Waals surface area contributed by atoms with Crippen molar-refractivity contribution in [2.75, 3.05) is 26.0 Å². The summed E-state index contributed by atoms with van der Waals surface area (Å²) >= 11 is 4.50. The van der Waals surface area contributed by atoms with E-state index in [9.17, 15) is 14.4 Å². The zero-order valence-electron chi connectivity index (χ0n) is 16.0. The third-order valence-electron chi connectivity index (χ3n) is 3.61. The van der Waals surface area contributed by atoms with E-state index in [1.54, 1.807) is 16.7 Å². The molecule has 0 spiro atoms. The number of nitrogens with zero attached hydrogens (tertiary/aromatic N) is 2. The number of benzene rings is 1. The number of amides is 3. The first-order valence-electron chi connectivity index (χ1n) is 8.71. The Hall–Kier alpha value is -1.91. The molecule has 1 heterocycles. The van der Waals surface area contributed by atoms with Gasteiger partial charge in [-0.25, -0.2) is 9.78 Å². The van der Waals surface area contributed by atoms with Gasteiger partial charge in [0.15, 0.2) is 5.16 Å². The number of halogens is 1. The fourth-order valence-electron chi connectivity index (χ4n) is 2.41. The highest BCUT2D eigenvalue weighted by Gasteiger charge is 2.15.